The number of hydrogen-bond acceptors (Lipinski definition) is 12. The van der Waals surface area contributed by atoms with Crippen molar-refractivity contribution in [2.45, 2.75) is 24.9 Å². The van der Waals surface area contributed by atoms with Crippen LogP contribution in [0.25, 0.3) is 22.3 Å². The minimum atomic E-state index is -0.374. The van der Waals surface area contributed by atoms with E-state index in [0.29, 0.717) is 110 Å². The molecule has 7 aromatic rings. The largest absolute Gasteiger partial charge is 0.377 e. The normalized spacial score (nSPS) is 15.0. The van der Waals surface area contributed by atoms with Gasteiger partial charge in [-0.25, -0.2) is 19.6 Å². The van der Waals surface area contributed by atoms with Gasteiger partial charge in [-0.3, -0.25) is 0 Å². The van der Waals surface area contributed by atoms with E-state index in [9.17, 15) is 9.59 Å². The number of nitrogens with zero attached hydrogens (tertiary/aromatic N) is 4. The number of likely N-dealkylation sites (N-methyl/N-ethyl adjacent to an activating group) is 2. The van der Waals surface area contributed by atoms with E-state index in [-0.39, 0.29) is 23.9 Å². The van der Waals surface area contributed by atoms with Crippen LogP contribution in [0.5, 0.6) is 0 Å². The predicted molar refractivity (Wildman–Crippen MR) is 329 cm³/mol. The van der Waals surface area contributed by atoms with Crippen molar-refractivity contribution in [3.63, 3.8) is 0 Å². The van der Waals surface area contributed by atoms with E-state index in [1.165, 1.54) is 22.3 Å². The third-order valence-corrected chi connectivity index (χ3v) is 15.2. The van der Waals surface area contributed by atoms with Crippen LogP contribution in [0.4, 0.5) is 32.6 Å². The second-order valence-electron chi connectivity index (χ2n) is 20.2. The summed E-state index contributed by atoms with van der Waals surface area (Å²) >= 11 is 26.1. The van der Waals surface area contributed by atoms with Crippen LogP contribution in [0.3, 0.4) is 0 Å². The van der Waals surface area contributed by atoms with Crippen molar-refractivity contribution < 1.29 is 28.5 Å². The molecule has 0 aliphatic carbocycles. The molecule has 0 saturated carbocycles. The molecule has 0 spiro atoms. The summed E-state index contributed by atoms with van der Waals surface area (Å²) in [7, 11) is 4.23. The minimum absolute atomic E-state index is 0.148. The Bertz CT molecular complexity index is 3050. The van der Waals surface area contributed by atoms with E-state index in [0.717, 1.165) is 71.2 Å². The van der Waals surface area contributed by atoms with Crippen molar-refractivity contribution >= 4 is 81.5 Å². The number of benzene rings is 5. The SMILES string of the molecule is CN1Cc2c(Cl)cc(Cl)cc2C(c2cccc(-c3ccnc(NCCOCCOCCNC(=O)Nc4ccc(NC(=O)NCCOCCOCCNc5cc(-c6cccc(C7CN(C)Cc8c(Cl)cc(Cl)cc87)c6)ccn5)cc4)c3)c2)C1. The Morgan fingerprint density at radius 2 is 0.878 bits per heavy atom. The summed E-state index contributed by atoms with van der Waals surface area (Å²) in [6.07, 6.45) is 3.61. The number of pyridine rings is 2. The first-order chi connectivity index (χ1) is 39.9. The smallest absolute Gasteiger partial charge is 0.319 e. The lowest BCUT2D eigenvalue weighted by Crippen LogP contribution is -2.32. The molecular formula is C62H68Cl4N10O6. The van der Waals surface area contributed by atoms with Crippen LogP contribution < -0.4 is 31.9 Å². The van der Waals surface area contributed by atoms with Gasteiger partial charge in [0, 0.05) is 108 Å². The molecule has 4 amide bonds. The molecule has 5 aromatic carbocycles. The lowest BCUT2D eigenvalue weighted by molar-refractivity contribution is 0.0534. The minimum Gasteiger partial charge on any atom is -0.377 e. The van der Waals surface area contributed by atoms with Gasteiger partial charge in [0.25, 0.3) is 0 Å². The zero-order valence-corrected chi connectivity index (χ0v) is 48.9. The quantitative estimate of drug-likeness (QED) is 0.0284. The lowest BCUT2D eigenvalue weighted by atomic mass is 9.84. The summed E-state index contributed by atoms with van der Waals surface area (Å²) in [5.41, 5.74) is 12.5. The number of urea groups is 2. The molecule has 2 unspecified atom stereocenters. The zero-order chi connectivity index (χ0) is 57.2. The second-order valence-corrected chi connectivity index (χ2v) is 21.8. The highest BCUT2D eigenvalue weighted by atomic mass is 35.5. The lowest BCUT2D eigenvalue weighted by Gasteiger charge is -2.33. The number of carbonyl (C=O) groups excluding carboxylic acids is 2. The summed E-state index contributed by atoms with van der Waals surface area (Å²) in [6, 6.07) is 39.1. The molecule has 6 N–H and O–H groups in total. The average Bonchev–Trinajstić information content (AvgIpc) is 3.57. The van der Waals surface area contributed by atoms with Crippen LogP contribution in [-0.4, -0.2) is 138 Å². The van der Waals surface area contributed by atoms with Gasteiger partial charge in [0.05, 0.1) is 52.9 Å². The molecular weight excluding hydrogens is 1120 g/mol. The average molecular weight is 1190 g/mol. The molecule has 2 aromatic heterocycles. The molecule has 20 heteroatoms. The molecule has 0 fully saturated rings. The van der Waals surface area contributed by atoms with E-state index >= 15 is 0 Å². The van der Waals surface area contributed by atoms with Gasteiger partial charge in [-0.2, -0.15) is 0 Å². The van der Waals surface area contributed by atoms with Crippen molar-refractivity contribution in [1.29, 1.82) is 0 Å². The van der Waals surface area contributed by atoms with Gasteiger partial charge in [-0.15, -0.1) is 0 Å². The Balaban J connectivity index is 0.573. The first-order valence-electron chi connectivity index (χ1n) is 27.4. The maximum Gasteiger partial charge on any atom is 0.319 e. The maximum absolute atomic E-state index is 12.5. The van der Waals surface area contributed by atoms with Gasteiger partial charge in [-0.1, -0.05) is 94.9 Å². The number of rotatable bonds is 26. The number of ether oxygens (including phenoxy) is 4. The van der Waals surface area contributed by atoms with Crippen molar-refractivity contribution in [2.24, 2.45) is 0 Å². The van der Waals surface area contributed by atoms with Crippen molar-refractivity contribution in [3.05, 3.63) is 187 Å². The topological polar surface area (TPSA) is 176 Å². The van der Waals surface area contributed by atoms with E-state index in [2.05, 4.69) is 114 Å². The summed E-state index contributed by atoms with van der Waals surface area (Å²) in [5.74, 6) is 1.81. The molecule has 82 heavy (non-hydrogen) atoms. The number of carbonyl (C=O) groups is 2. The fraction of sp³-hybridized carbons (Fsp3) is 0.323. The number of halogens is 4. The molecule has 0 radical (unpaired) electrons. The number of anilines is 4. The molecule has 430 valence electrons. The molecule has 0 saturated heterocycles. The fourth-order valence-corrected chi connectivity index (χ4v) is 11.3. The van der Waals surface area contributed by atoms with Crippen LogP contribution in [0.1, 0.15) is 45.2 Å². The van der Waals surface area contributed by atoms with E-state index in [1.54, 1.807) is 36.7 Å². The summed E-state index contributed by atoms with van der Waals surface area (Å²) < 4.78 is 22.8. The molecule has 4 heterocycles. The first-order valence-corrected chi connectivity index (χ1v) is 28.9. The van der Waals surface area contributed by atoms with Crippen LogP contribution >= 0.6 is 46.4 Å². The highest BCUT2D eigenvalue weighted by Crippen LogP contribution is 2.41. The fourth-order valence-electron chi connectivity index (χ4n) is 10.2. The zero-order valence-electron chi connectivity index (χ0n) is 45.9. The van der Waals surface area contributed by atoms with E-state index in [1.807, 2.05) is 48.5 Å². The molecule has 9 rings (SSSR count). The van der Waals surface area contributed by atoms with Crippen LogP contribution in [0.15, 0.2) is 134 Å². The second kappa shape index (κ2) is 30.1. The Labute approximate surface area is 499 Å². The van der Waals surface area contributed by atoms with Gasteiger partial charge < -0.3 is 60.6 Å². The maximum atomic E-state index is 12.5. The Hall–Kier alpha value is -6.54. The van der Waals surface area contributed by atoms with Gasteiger partial charge in [-0.05, 0) is 143 Å². The predicted octanol–water partition coefficient (Wildman–Crippen LogP) is 12.1. The number of amides is 4. The molecule has 2 aliphatic heterocycles. The Kier molecular flexibility index (Phi) is 22.1. The third-order valence-electron chi connectivity index (χ3n) is 14.1. The van der Waals surface area contributed by atoms with Gasteiger partial charge in [0.15, 0.2) is 0 Å². The highest BCUT2D eigenvalue weighted by molar-refractivity contribution is 6.35. The van der Waals surface area contributed by atoms with Crippen molar-refractivity contribution in [1.82, 2.24) is 30.4 Å². The number of aromatic nitrogens is 2. The van der Waals surface area contributed by atoms with E-state index < -0.39 is 0 Å². The van der Waals surface area contributed by atoms with Crippen LogP contribution in [-0.2, 0) is 32.0 Å². The monoisotopic (exact) mass is 1190 g/mol. The highest BCUT2D eigenvalue weighted by Gasteiger charge is 2.29. The number of nitrogens with one attached hydrogen (secondary N) is 6. The van der Waals surface area contributed by atoms with Crippen molar-refractivity contribution in [3.8, 4) is 22.3 Å². The van der Waals surface area contributed by atoms with E-state index in [4.69, 9.17) is 65.4 Å². The van der Waals surface area contributed by atoms with Crippen molar-refractivity contribution in [2.75, 3.05) is 127 Å². The Morgan fingerprint density at radius 1 is 0.488 bits per heavy atom. The summed E-state index contributed by atoms with van der Waals surface area (Å²) in [4.78, 5) is 38.5. The van der Waals surface area contributed by atoms with Gasteiger partial charge >= 0.3 is 12.1 Å². The van der Waals surface area contributed by atoms with Crippen LogP contribution in [0.2, 0.25) is 20.1 Å². The molecule has 2 atom stereocenters. The number of hydrogen-bond donors (Lipinski definition) is 6. The molecule has 0 bridgehead atoms. The van der Waals surface area contributed by atoms with Crippen LogP contribution in [0, 0.1) is 0 Å². The number of fused-ring (bicyclic) bond motifs is 2. The summed E-state index contributed by atoms with van der Waals surface area (Å²) in [6.45, 7) is 8.26. The van der Waals surface area contributed by atoms with Gasteiger partial charge in [0.1, 0.15) is 11.6 Å². The first kappa shape index (κ1) is 60.1. The standard InChI is InChI=1S/C62H68Cl4N10O6/c1-75-37-53(51-33-47(63)35-57(65)55(51)39-75)45-7-3-5-41(29-45)43-13-15-67-59(31-43)69-17-21-79-25-27-81-23-19-71-61(77)73-49-9-11-50(12-10-49)74-62(78)72-20-24-82-28-26-80-22-18-70-60-32-44(14-16-68-60)42-6-4-8-46(30-42)54-38-76(2)40-56-52(54)34-48(64)36-58(56)66/h3-16,29-36,53-54H,17-28,37-40H2,1-2H3,(H,67,69)(H,68,70)(H2,71,73,77)(H2,72,74,78). The Morgan fingerprint density at radius 3 is 1.29 bits per heavy atom. The molecule has 16 nitrogen and oxygen atoms in total. The van der Waals surface area contributed by atoms with Gasteiger partial charge in [0.2, 0.25) is 0 Å². The third kappa shape index (κ3) is 17.3. The molecule has 2 aliphatic rings. The summed E-state index contributed by atoms with van der Waals surface area (Å²) in [5, 5.41) is 20.5.